The van der Waals surface area contributed by atoms with Crippen molar-refractivity contribution in [2.75, 3.05) is 26.4 Å². The first-order chi connectivity index (χ1) is 6.99. The molecule has 0 saturated carbocycles. The second-order valence-electron chi connectivity index (χ2n) is 3.08. The molecule has 0 atom stereocenters. The molecule has 0 aromatic carbocycles. The lowest BCUT2D eigenvalue weighted by Gasteiger charge is -2.26. The lowest BCUT2D eigenvalue weighted by molar-refractivity contribution is -0.132. The molecule has 0 aliphatic carbocycles. The van der Waals surface area contributed by atoms with E-state index in [1.807, 2.05) is 0 Å². The van der Waals surface area contributed by atoms with Gasteiger partial charge in [0.25, 0.3) is 5.95 Å². The maximum absolute atomic E-state index is 10.1. The van der Waals surface area contributed by atoms with Crippen LogP contribution in [0.25, 0.3) is 0 Å². The molecule has 0 saturated heterocycles. The summed E-state index contributed by atoms with van der Waals surface area (Å²) in [5, 5.41) is 43.7. The molecule has 0 rings (SSSR count). The Hall–Kier alpha value is -1.31. The monoisotopic (exact) mass is 222 g/mol. The van der Waals surface area contributed by atoms with Gasteiger partial charge in [-0.25, -0.2) is 4.79 Å². The summed E-state index contributed by atoms with van der Waals surface area (Å²) >= 11 is 0. The third-order valence-electron chi connectivity index (χ3n) is 1.78. The van der Waals surface area contributed by atoms with Gasteiger partial charge >= 0.3 is 5.97 Å². The van der Waals surface area contributed by atoms with Crippen LogP contribution in [-0.4, -0.2) is 57.9 Å². The molecule has 0 fully saturated rings. The number of aliphatic carboxylic acids is 1. The van der Waals surface area contributed by atoms with Gasteiger partial charge in [-0.15, -0.1) is 0 Å². The minimum absolute atomic E-state index is 0.397. The van der Waals surface area contributed by atoms with Gasteiger partial charge in [0.05, 0.1) is 25.2 Å². The summed E-state index contributed by atoms with van der Waals surface area (Å²) in [7, 11) is 0. The lowest BCUT2D eigenvalue weighted by atomic mass is 9.93. The van der Waals surface area contributed by atoms with Crippen LogP contribution in [0.4, 0.5) is 0 Å². The number of hydrogen-bond donors (Lipinski definition) is 5. The average molecular weight is 222 g/mol. The molecule has 15 heavy (non-hydrogen) atoms. The number of aliphatic hydroxyl groups is 4. The standard InChI is InChI=1S/C8H14O7/c9-2-8(3-10,4-11)5-15-7(14)1-6(12)13/h1,9-11,14H,2-5H2,(H,12,13). The normalized spacial score (nSPS) is 12.6. The summed E-state index contributed by atoms with van der Waals surface area (Å²) in [6, 6.07) is 0. The number of aliphatic hydroxyl groups excluding tert-OH is 4. The van der Waals surface area contributed by atoms with E-state index in [1.165, 1.54) is 0 Å². The van der Waals surface area contributed by atoms with Gasteiger partial charge in [0.2, 0.25) is 0 Å². The van der Waals surface area contributed by atoms with Gasteiger partial charge in [0.1, 0.15) is 12.7 Å². The molecule has 7 nitrogen and oxygen atoms in total. The highest BCUT2D eigenvalue weighted by Gasteiger charge is 2.29. The van der Waals surface area contributed by atoms with Crippen molar-refractivity contribution in [3.05, 3.63) is 12.0 Å². The third-order valence-corrected chi connectivity index (χ3v) is 1.78. The highest BCUT2D eigenvalue weighted by atomic mass is 16.6. The van der Waals surface area contributed by atoms with E-state index in [1.54, 1.807) is 0 Å². The molecular formula is C8H14O7. The largest absolute Gasteiger partial charge is 0.481 e. The van der Waals surface area contributed by atoms with Crippen LogP contribution in [0.3, 0.4) is 0 Å². The van der Waals surface area contributed by atoms with E-state index in [-0.39, 0.29) is 0 Å². The van der Waals surface area contributed by atoms with Crippen molar-refractivity contribution >= 4 is 5.97 Å². The van der Waals surface area contributed by atoms with E-state index >= 15 is 0 Å². The van der Waals surface area contributed by atoms with Gasteiger partial charge < -0.3 is 30.3 Å². The first kappa shape index (κ1) is 13.7. The van der Waals surface area contributed by atoms with Crippen LogP contribution in [0.15, 0.2) is 12.0 Å². The molecule has 0 heterocycles. The molecule has 7 heteroatoms. The minimum atomic E-state index is -1.39. The van der Waals surface area contributed by atoms with Gasteiger partial charge in [-0.3, -0.25) is 0 Å². The fourth-order valence-corrected chi connectivity index (χ4v) is 0.661. The maximum Gasteiger partial charge on any atom is 0.335 e. The smallest absolute Gasteiger partial charge is 0.335 e. The van der Waals surface area contributed by atoms with Crippen molar-refractivity contribution in [3.8, 4) is 0 Å². The number of carboxylic acid groups (broad SMARTS) is 1. The van der Waals surface area contributed by atoms with Crippen LogP contribution in [0.2, 0.25) is 0 Å². The summed E-state index contributed by atoms with van der Waals surface area (Å²) in [5.74, 6) is -2.25. The highest BCUT2D eigenvalue weighted by molar-refractivity contribution is 5.79. The van der Waals surface area contributed by atoms with Crippen molar-refractivity contribution in [1.82, 2.24) is 0 Å². The average Bonchev–Trinajstić information content (AvgIpc) is 2.20. The Kier molecular flexibility index (Phi) is 5.68. The van der Waals surface area contributed by atoms with E-state index in [0.717, 1.165) is 0 Å². The van der Waals surface area contributed by atoms with E-state index in [2.05, 4.69) is 4.74 Å². The number of hydrogen-bond acceptors (Lipinski definition) is 6. The topological polar surface area (TPSA) is 127 Å². The molecule has 0 aromatic heterocycles. The minimum Gasteiger partial charge on any atom is -0.481 e. The summed E-state index contributed by atoms with van der Waals surface area (Å²) < 4.78 is 4.55. The van der Waals surface area contributed by atoms with Crippen molar-refractivity contribution in [1.29, 1.82) is 0 Å². The predicted molar refractivity (Wildman–Crippen MR) is 48.0 cm³/mol. The first-order valence-electron chi connectivity index (χ1n) is 4.08. The van der Waals surface area contributed by atoms with E-state index in [9.17, 15) is 4.79 Å². The molecule has 0 aromatic rings. The van der Waals surface area contributed by atoms with Crippen molar-refractivity contribution < 1.29 is 35.1 Å². The fourth-order valence-electron chi connectivity index (χ4n) is 0.661. The number of ether oxygens (including phenoxy) is 1. The van der Waals surface area contributed by atoms with Crippen LogP contribution in [0, 0.1) is 5.41 Å². The van der Waals surface area contributed by atoms with Gasteiger partial charge in [0, 0.05) is 0 Å². The molecule has 0 aliphatic rings. The molecule has 0 amide bonds. The van der Waals surface area contributed by atoms with Crippen LogP contribution in [-0.2, 0) is 9.53 Å². The number of carbonyl (C=O) groups is 1. The quantitative estimate of drug-likeness (QED) is 0.260. The molecule has 88 valence electrons. The van der Waals surface area contributed by atoms with Gasteiger partial charge in [-0.2, -0.15) is 0 Å². The van der Waals surface area contributed by atoms with Crippen LogP contribution < -0.4 is 0 Å². The molecule has 5 N–H and O–H groups in total. The van der Waals surface area contributed by atoms with Crippen molar-refractivity contribution in [2.24, 2.45) is 5.41 Å². The molecule has 0 spiro atoms. The molecule has 0 unspecified atom stereocenters. The summed E-state index contributed by atoms with van der Waals surface area (Å²) in [4.78, 5) is 10.1. The predicted octanol–water partition coefficient (Wildman–Crippen LogP) is -1.55. The fraction of sp³-hybridized carbons (Fsp3) is 0.625. The Morgan fingerprint density at radius 2 is 1.60 bits per heavy atom. The Morgan fingerprint density at radius 1 is 1.13 bits per heavy atom. The number of carboxylic acids is 1. The van der Waals surface area contributed by atoms with Crippen LogP contribution >= 0.6 is 0 Å². The zero-order valence-electron chi connectivity index (χ0n) is 7.96. The van der Waals surface area contributed by atoms with E-state index in [0.29, 0.717) is 6.08 Å². The Bertz CT molecular complexity index is 223. The Balaban J connectivity index is 4.28. The first-order valence-corrected chi connectivity index (χ1v) is 4.08. The Morgan fingerprint density at radius 3 is 1.93 bits per heavy atom. The zero-order chi connectivity index (χ0) is 11.9. The summed E-state index contributed by atoms with van der Waals surface area (Å²) in [5.41, 5.74) is -1.31. The second kappa shape index (κ2) is 6.23. The van der Waals surface area contributed by atoms with Gasteiger partial charge in [-0.1, -0.05) is 0 Å². The van der Waals surface area contributed by atoms with Crippen molar-refractivity contribution in [3.63, 3.8) is 0 Å². The van der Waals surface area contributed by atoms with Crippen LogP contribution in [0.1, 0.15) is 0 Å². The molecule has 0 bridgehead atoms. The van der Waals surface area contributed by atoms with Gasteiger partial charge in [-0.05, 0) is 0 Å². The SMILES string of the molecule is O=C(O)C=C(O)OCC(CO)(CO)CO. The lowest BCUT2D eigenvalue weighted by Crippen LogP contribution is -2.38. The molecular weight excluding hydrogens is 208 g/mol. The highest BCUT2D eigenvalue weighted by Crippen LogP contribution is 2.16. The van der Waals surface area contributed by atoms with Crippen molar-refractivity contribution in [2.45, 2.75) is 0 Å². The van der Waals surface area contributed by atoms with E-state index in [4.69, 9.17) is 25.5 Å². The summed E-state index contributed by atoms with van der Waals surface area (Å²) in [6.07, 6.45) is 0.414. The molecule has 0 aliphatic heterocycles. The summed E-state index contributed by atoms with van der Waals surface area (Å²) in [6.45, 7) is -2.06. The van der Waals surface area contributed by atoms with Crippen LogP contribution in [0.5, 0.6) is 0 Å². The Labute approximate surface area is 85.9 Å². The molecule has 0 radical (unpaired) electrons. The zero-order valence-corrected chi connectivity index (χ0v) is 7.96. The maximum atomic E-state index is 10.1. The second-order valence-corrected chi connectivity index (χ2v) is 3.08. The number of rotatable bonds is 7. The van der Waals surface area contributed by atoms with E-state index < -0.39 is 43.8 Å². The third kappa shape index (κ3) is 4.63. The van der Waals surface area contributed by atoms with Gasteiger partial charge in [0.15, 0.2) is 0 Å².